The molecule has 0 aromatic carbocycles. The van der Waals surface area contributed by atoms with E-state index < -0.39 is 174 Å². The summed E-state index contributed by atoms with van der Waals surface area (Å²) < 4.78 is 252. The maximum atomic E-state index is 14.9. The molecular weight excluding hydrogens is 1360 g/mol. The van der Waals surface area contributed by atoms with Crippen LogP contribution in [0.15, 0.2) is 0 Å². The van der Waals surface area contributed by atoms with Crippen molar-refractivity contribution in [1.82, 2.24) is 10.6 Å². The third kappa shape index (κ3) is 19.0. The minimum absolute atomic E-state index is 0. The molecule has 2 aliphatic carbocycles. The lowest BCUT2D eigenvalue weighted by Gasteiger charge is -2.32. The highest BCUT2D eigenvalue weighted by molar-refractivity contribution is 8.02. The van der Waals surface area contributed by atoms with Crippen LogP contribution in [-0.4, -0.2) is 184 Å². The van der Waals surface area contributed by atoms with Crippen molar-refractivity contribution in [3.05, 3.63) is 22.3 Å². The Balaban J connectivity index is 0.000000465. The molecule has 90 heavy (non-hydrogen) atoms. The van der Waals surface area contributed by atoms with E-state index in [2.05, 4.69) is 20.1 Å². The Kier molecular flexibility index (Phi) is 29.4. The molecule has 11 atom stereocenters. The van der Waals surface area contributed by atoms with Gasteiger partial charge in [-0.15, -0.1) is 35.3 Å². The highest BCUT2D eigenvalue weighted by atomic mass is 32.2. The van der Waals surface area contributed by atoms with Gasteiger partial charge < -0.3 is 29.6 Å². The van der Waals surface area contributed by atoms with Crippen LogP contribution in [0.4, 0.5) is 43.9 Å². The van der Waals surface area contributed by atoms with Crippen molar-refractivity contribution >= 4 is 113 Å². The van der Waals surface area contributed by atoms with E-state index >= 15 is 0 Å². The van der Waals surface area contributed by atoms with Gasteiger partial charge in [0.25, 0.3) is 0 Å². The maximum Gasteiger partial charge on any atom is 0.431 e. The number of ether oxygens (including phenoxy) is 4. The van der Waals surface area contributed by atoms with E-state index in [1.165, 1.54) is 7.05 Å². The van der Waals surface area contributed by atoms with Gasteiger partial charge in [0, 0.05) is 67.5 Å². The van der Waals surface area contributed by atoms with Gasteiger partial charge in [0.15, 0.2) is 0 Å². The number of halogens is 10. The number of cyclic esters (lactones) is 2. The van der Waals surface area contributed by atoms with Gasteiger partial charge in [-0.25, -0.2) is 9.59 Å². The van der Waals surface area contributed by atoms with Crippen LogP contribution in [0, 0.1) is 46.0 Å². The zero-order valence-corrected chi connectivity index (χ0v) is 54.0. The van der Waals surface area contributed by atoms with E-state index in [9.17, 15) is 108 Å². The van der Waals surface area contributed by atoms with Gasteiger partial charge in [-0.1, -0.05) is 58.3 Å². The number of carbonyl (C=O) groups is 8. The summed E-state index contributed by atoms with van der Waals surface area (Å²) in [5, 5.41) is -19.6. The van der Waals surface area contributed by atoms with Crippen molar-refractivity contribution in [3.8, 4) is 0 Å². The summed E-state index contributed by atoms with van der Waals surface area (Å²) in [7, 11) is -17.3. The number of amides is 2. The van der Waals surface area contributed by atoms with E-state index in [1.807, 2.05) is 0 Å². The van der Waals surface area contributed by atoms with Crippen molar-refractivity contribution in [1.29, 1.82) is 0 Å². The molecule has 23 nitrogen and oxygen atoms in total. The molecule has 0 bridgehead atoms. The lowest BCUT2D eigenvalue weighted by atomic mass is 9.84. The van der Waals surface area contributed by atoms with E-state index in [0.717, 1.165) is 63.1 Å². The van der Waals surface area contributed by atoms with Gasteiger partial charge in [0.05, 0.1) is 46.0 Å². The summed E-state index contributed by atoms with van der Waals surface area (Å²) in [6, 6.07) is -0.278. The molecule has 39 heteroatoms. The van der Waals surface area contributed by atoms with Crippen molar-refractivity contribution in [2.75, 3.05) is 20.3 Å². The van der Waals surface area contributed by atoms with Crippen molar-refractivity contribution in [2.45, 2.75) is 200 Å². The van der Waals surface area contributed by atoms with Gasteiger partial charge >= 0.3 is 81.8 Å². The predicted octanol–water partition coefficient (Wildman–Crippen LogP) is 7.31. The number of rotatable bonds is 21. The van der Waals surface area contributed by atoms with E-state index in [4.69, 9.17) is 23.1 Å². The number of thioether (sulfide) groups is 3. The molecule has 0 aromatic heterocycles. The van der Waals surface area contributed by atoms with Crippen molar-refractivity contribution < 1.29 is 140 Å². The first kappa shape index (κ1) is 81.9. The average Bonchev–Trinajstić information content (AvgIpc) is 1.41. The second kappa shape index (κ2) is 32.3. The molecule has 0 radical (unpaired) electrons. The molecule has 5 N–H and O–H groups in total. The Morgan fingerprint density at radius 1 is 0.556 bits per heavy atom. The second-order valence-corrected chi connectivity index (χ2v) is 30.1. The minimum Gasteiger partial charge on any atom is -0.463 e. The largest absolute Gasteiger partial charge is 0.463 e. The molecule has 7 fully saturated rings. The molecular formula is C51H73F10N2O21S6+3. The zero-order chi connectivity index (χ0) is 65.6. The Morgan fingerprint density at radius 3 is 1.41 bits per heavy atom. The third-order valence-corrected chi connectivity index (χ3v) is 23.1. The van der Waals surface area contributed by atoms with Gasteiger partial charge in [-0.05, 0) is 43.9 Å². The molecule has 11 unspecified atom stereocenters. The number of alkyl halides is 10. The number of Topliss-reactive ketones (excluding diaryl/α,β-unsaturated/α-hetero) is 2. The van der Waals surface area contributed by atoms with E-state index in [0.29, 0.717) is 24.6 Å². The summed E-state index contributed by atoms with van der Waals surface area (Å²) in [4.78, 5) is 96.9. The monoisotopic (exact) mass is 1430 g/mol. The van der Waals surface area contributed by atoms with Gasteiger partial charge in [-0.2, -0.15) is 69.2 Å². The lowest BCUT2D eigenvalue weighted by molar-refractivity contribution is -0.198. The fourth-order valence-corrected chi connectivity index (χ4v) is 16.9. The summed E-state index contributed by atoms with van der Waals surface area (Å²) >= 11 is 1.69. The first-order chi connectivity index (χ1) is 40.0. The Labute approximate surface area is 527 Å². The van der Waals surface area contributed by atoms with E-state index in [-0.39, 0.29) is 103 Å². The second-order valence-electron chi connectivity index (χ2n) is 21.6. The highest BCUT2D eigenvalue weighted by Gasteiger charge is 2.74. The number of hydrogen-bond acceptors (Lipinski definition) is 21. The molecule has 2 amide bonds. The highest BCUT2D eigenvalue weighted by Crippen LogP contribution is 2.56. The molecule has 5 saturated heterocycles. The van der Waals surface area contributed by atoms with Crippen molar-refractivity contribution in [2.24, 2.45) is 23.7 Å². The van der Waals surface area contributed by atoms with Crippen molar-refractivity contribution in [3.63, 3.8) is 0 Å². The normalized spacial score (nSPS) is 27.9. The van der Waals surface area contributed by atoms with Crippen LogP contribution in [0.25, 0.3) is 0 Å². The average molecular weight is 1430 g/mol. The van der Waals surface area contributed by atoms with Crippen LogP contribution in [-0.2, 0) is 87.7 Å². The van der Waals surface area contributed by atoms with Crippen LogP contribution in [0.5, 0.6) is 0 Å². The number of esters is 4. The number of hydrogen-bond donors (Lipinski definition) is 5. The first-order valence-electron chi connectivity index (χ1n) is 27.1. The molecule has 516 valence electrons. The smallest absolute Gasteiger partial charge is 0.431 e. The van der Waals surface area contributed by atoms with Crippen LogP contribution >= 0.6 is 35.3 Å². The van der Waals surface area contributed by atoms with Gasteiger partial charge in [-0.3, -0.25) is 42.4 Å². The van der Waals surface area contributed by atoms with E-state index in [1.54, 1.807) is 6.92 Å². The topological polar surface area (TPSA) is 361 Å². The summed E-state index contributed by atoms with van der Waals surface area (Å²) in [6.07, 6.45) is 2.69. The SMILES string of the molecule is CCC(=O)C1CC(CC(F)(F)S(=O)(=O)O)C(C(=O)NC)S1.O=C(CC1CCCCC1)C1CC(C(F)(F)C(F)(F)S(=O)(=O)O)C(C(=O)NC2CCCCC2)S1.O=C1OCCC1OC(=O)C1CC(C(F)(F)C(F)(F)S(=O)(=O)O)C(C(=O)OC2CCOC2=O)S1.[CH3+].[CH3+].[CH3+]. The quantitative estimate of drug-likeness (QED) is 0.0247. The van der Waals surface area contributed by atoms with Gasteiger partial charge in [0.1, 0.15) is 22.1 Å². The van der Waals surface area contributed by atoms with Crippen LogP contribution in [0.3, 0.4) is 0 Å². The molecule has 7 aliphatic rings. The standard InChI is InChI=1S/C21H31F4NO5S2.C16H16F4O11S2.C11H17F2NO5S2.3CH3/c22-20(23,21(24,25)33(29,30)31)15-12-17(16(27)11-13-7-3-1-4-8-13)32-18(15)19(28)26-14-9-5-2-6-10-14;17-15(18,16(19,20)33(25,26)27)6-5-9(13(23)30-7-1-3-28-11(7)21)32-10(6)14(24)31-8-2-4-29-12(8)22;1-3-7(15)8-4-6(9(20-8)10(16)14-2)5-11(12,13)21(17,18)19;;;/h13-15,17-18H,1-12H2,(H,26,28)(H,29,30,31);6-10H,1-5H2,(H,25,26,27);6,8-9H,3-5H2,1-2H3,(H,14,16)(H,17,18,19);3*1H3/q;;;3*+1. The van der Waals surface area contributed by atoms with Crippen LogP contribution in [0.2, 0.25) is 0 Å². The Bertz CT molecular complexity index is 2900. The zero-order valence-electron chi connectivity index (χ0n) is 49.1. The molecule has 0 aromatic rings. The number of carbonyl (C=O) groups excluding carboxylic acids is 8. The Hall–Kier alpha value is -4.15. The van der Waals surface area contributed by atoms with Gasteiger partial charge in [0.2, 0.25) is 24.0 Å². The summed E-state index contributed by atoms with van der Waals surface area (Å²) in [5.41, 5.74) is 0. The summed E-state index contributed by atoms with van der Waals surface area (Å²) in [5.74, 6) is -23.8. The van der Waals surface area contributed by atoms with Crippen LogP contribution < -0.4 is 10.6 Å². The third-order valence-electron chi connectivity index (χ3n) is 15.6. The minimum atomic E-state index is -6.64. The Morgan fingerprint density at radius 2 is 0.978 bits per heavy atom. The number of nitrogens with one attached hydrogen (secondary N) is 2. The predicted molar refractivity (Wildman–Crippen MR) is 305 cm³/mol. The first-order valence-corrected chi connectivity index (χ1v) is 34.3. The molecule has 5 aliphatic heterocycles. The summed E-state index contributed by atoms with van der Waals surface area (Å²) in [6.45, 7) is 1.39. The number of ketones is 2. The molecule has 5 heterocycles. The lowest BCUT2D eigenvalue weighted by Crippen LogP contribution is -2.55. The fourth-order valence-electron chi connectivity index (χ4n) is 10.8. The molecule has 0 spiro atoms. The molecule has 7 rings (SSSR count). The molecule has 2 saturated carbocycles. The fraction of sp³-hybridized carbons (Fsp3) is 0.784. The maximum absolute atomic E-state index is 14.9. The van der Waals surface area contributed by atoms with Crippen LogP contribution in [0.1, 0.15) is 122 Å².